The summed E-state index contributed by atoms with van der Waals surface area (Å²) in [5.74, 6) is -0.278. The summed E-state index contributed by atoms with van der Waals surface area (Å²) in [7, 11) is 0. The van der Waals surface area contributed by atoms with Crippen LogP contribution in [0.3, 0.4) is 0 Å². The number of rotatable bonds is 2. The number of aromatic nitrogens is 5. The zero-order chi connectivity index (χ0) is 25.1. The molecule has 0 radical (unpaired) electrons. The van der Waals surface area contributed by atoms with Crippen molar-refractivity contribution in [2.45, 2.75) is 52.5 Å². The van der Waals surface area contributed by atoms with Gasteiger partial charge in [0, 0.05) is 36.7 Å². The first kappa shape index (κ1) is 22.9. The highest BCUT2D eigenvalue weighted by molar-refractivity contribution is 5.66. The first-order valence-electron chi connectivity index (χ1n) is 11.6. The fourth-order valence-electron chi connectivity index (χ4n) is 5.02. The van der Waals surface area contributed by atoms with Gasteiger partial charge in [-0.3, -0.25) is 4.40 Å². The Morgan fingerprint density at radius 1 is 1.14 bits per heavy atom. The molecule has 1 amide bonds. The highest BCUT2D eigenvalue weighted by Crippen LogP contribution is 2.39. The van der Waals surface area contributed by atoms with E-state index >= 15 is 0 Å². The molecule has 5 heterocycles. The molecule has 1 N–H and O–H groups in total. The molecule has 0 bridgehead atoms. The number of aryl methyl sites for hydroxylation is 1. The molecule has 2 atom stereocenters. The zero-order valence-electron chi connectivity index (χ0n) is 20.1. The third-order valence-electron chi connectivity index (χ3n) is 6.78. The van der Waals surface area contributed by atoms with Crippen LogP contribution in [-0.4, -0.2) is 52.4 Å². The topological polar surface area (TPSA) is 105 Å². The largest absolute Gasteiger partial charge is 0.465 e. The van der Waals surface area contributed by atoms with E-state index < -0.39 is 17.6 Å². The lowest BCUT2D eigenvalue weighted by Crippen LogP contribution is -2.51. The van der Waals surface area contributed by atoms with Gasteiger partial charge in [-0.15, -0.1) is 0 Å². The van der Waals surface area contributed by atoms with Gasteiger partial charge in [0.05, 0.1) is 5.69 Å². The van der Waals surface area contributed by atoms with Gasteiger partial charge >= 0.3 is 11.8 Å². The summed E-state index contributed by atoms with van der Waals surface area (Å²) in [4.78, 5) is 39.0. The van der Waals surface area contributed by atoms with Crippen LogP contribution in [0.5, 0.6) is 0 Å². The highest BCUT2D eigenvalue weighted by Gasteiger charge is 2.39. The molecule has 9 nitrogen and oxygen atoms in total. The van der Waals surface area contributed by atoms with Crippen LogP contribution in [0, 0.1) is 18.2 Å². The van der Waals surface area contributed by atoms with Gasteiger partial charge in [-0.1, -0.05) is 26.8 Å². The maximum atomic E-state index is 14.5. The SMILES string of the molecule is Cc1cn2cc(-c3nc(=O)n4cc(C5CCN(C(=O)O)C(C(C)(C)C)C5)ccc4n3)cc(F)c2n1. The van der Waals surface area contributed by atoms with Crippen LogP contribution < -0.4 is 5.69 Å². The first-order chi connectivity index (χ1) is 16.5. The van der Waals surface area contributed by atoms with E-state index in [0.29, 0.717) is 36.3 Å². The third kappa shape index (κ3) is 4.13. The van der Waals surface area contributed by atoms with E-state index in [1.54, 1.807) is 36.0 Å². The number of nitrogens with zero attached hydrogens (tertiary/aromatic N) is 6. The van der Waals surface area contributed by atoms with E-state index in [-0.39, 0.29) is 28.8 Å². The van der Waals surface area contributed by atoms with Gasteiger partial charge in [0.2, 0.25) is 0 Å². The average Bonchev–Trinajstić information content (AvgIpc) is 3.18. The number of imidazole rings is 1. The van der Waals surface area contributed by atoms with E-state index in [1.807, 2.05) is 26.8 Å². The number of amides is 1. The molecule has 0 spiro atoms. The van der Waals surface area contributed by atoms with Crippen LogP contribution in [-0.2, 0) is 0 Å². The summed E-state index contributed by atoms with van der Waals surface area (Å²) < 4.78 is 17.5. The van der Waals surface area contributed by atoms with Crippen molar-refractivity contribution >= 4 is 17.4 Å². The van der Waals surface area contributed by atoms with Crippen LogP contribution in [0.4, 0.5) is 9.18 Å². The molecule has 0 aliphatic carbocycles. The van der Waals surface area contributed by atoms with Gasteiger partial charge in [0.15, 0.2) is 17.3 Å². The molecule has 0 saturated carbocycles. The summed E-state index contributed by atoms with van der Waals surface area (Å²) in [5, 5.41) is 9.64. The van der Waals surface area contributed by atoms with Crippen molar-refractivity contribution in [2.75, 3.05) is 6.54 Å². The summed E-state index contributed by atoms with van der Waals surface area (Å²) in [6, 6.07) is 4.83. The van der Waals surface area contributed by atoms with Crippen LogP contribution in [0.2, 0.25) is 0 Å². The Kier molecular flexibility index (Phi) is 5.34. The summed E-state index contributed by atoms with van der Waals surface area (Å²) in [6.45, 7) is 8.34. The van der Waals surface area contributed by atoms with Crippen LogP contribution in [0.1, 0.15) is 50.8 Å². The number of carbonyl (C=O) groups is 1. The number of hydrogen-bond acceptors (Lipinski definition) is 5. The fourth-order valence-corrected chi connectivity index (χ4v) is 5.02. The Morgan fingerprint density at radius 3 is 2.63 bits per heavy atom. The smallest absolute Gasteiger partial charge is 0.407 e. The normalized spacial score (nSPS) is 18.9. The molecule has 182 valence electrons. The van der Waals surface area contributed by atoms with E-state index in [1.165, 1.54) is 15.4 Å². The van der Waals surface area contributed by atoms with Gasteiger partial charge in [0.25, 0.3) is 0 Å². The molecule has 2 unspecified atom stereocenters. The van der Waals surface area contributed by atoms with Crippen molar-refractivity contribution in [3.8, 4) is 11.4 Å². The van der Waals surface area contributed by atoms with Crippen molar-refractivity contribution < 1.29 is 14.3 Å². The lowest BCUT2D eigenvalue weighted by atomic mass is 9.75. The van der Waals surface area contributed by atoms with Gasteiger partial charge in [-0.25, -0.2) is 23.9 Å². The van der Waals surface area contributed by atoms with E-state index in [9.17, 15) is 19.1 Å². The molecular weight excluding hydrogens is 451 g/mol. The lowest BCUT2D eigenvalue weighted by Gasteiger charge is -2.44. The minimum atomic E-state index is -0.903. The highest BCUT2D eigenvalue weighted by atomic mass is 19.1. The molecule has 5 rings (SSSR count). The molecule has 1 saturated heterocycles. The molecule has 1 aliphatic heterocycles. The zero-order valence-corrected chi connectivity index (χ0v) is 20.1. The fraction of sp³-hybridized carbons (Fsp3) is 0.400. The molecule has 0 aromatic carbocycles. The Labute approximate surface area is 200 Å². The minimum absolute atomic E-state index is 0.104. The molecule has 1 aliphatic rings. The van der Waals surface area contributed by atoms with Crippen molar-refractivity contribution in [1.82, 2.24) is 28.7 Å². The molecule has 4 aromatic rings. The third-order valence-corrected chi connectivity index (χ3v) is 6.78. The maximum Gasteiger partial charge on any atom is 0.407 e. The molecule has 4 aromatic heterocycles. The second-order valence-electron chi connectivity index (χ2n) is 10.3. The number of hydrogen-bond donors (Lipinski definition) is 1. The van der Waals surface area contributed by atoms with Gasteiger partial charge in [0.1, 0.15) is 5.65 Å². The van der Waals surface area contributed by atoms with Crippen LogP contribution in [0.25, 0.3) is 22.7 Å². The monoisotopic (exact) mass is 478 g/mol. The summed E-state index contributed by atoms with van der Waals surface area (Å²) in [5.41, 5.74) is 1.88. The van der Waals surface area contributed by atoms with Crippen molar-refractivity contribution in [1.29, 1.82) is 0 Å². The number of fused-ring (bicyclic) bond motifs is 2. The Balaban J connectivity index is 1.50. The molecule has 35 heavy (non-hydrogen) atoms. The van der Waals surface area contributed by atoms with Crippen molar-refractivity contribution in [3.05, 3.63) is 64.3 Å². The Bertz CT molecular complexity index is 1520. The number of piperidine rings is 1. The molecule has 1 fully saturated rings. The standard InChI is InChI=1S/C25H27FN6O3/c1-14-11-30-12-17(9-18(26)22(30)27-14)21-28-20-6-5-16(13-32(20)23(33)29-21)15-7-8-31(24(34)35)19(10-15)25(2,3)4/h5-6,9,11-13,15,19H,7-8,10H2,1-4H3,(H,34,35). The van der Waals surface area contributed by atoms with Crippen LogP contribution in [0.15, 0.2) is 41.6 Å². The first-order valence-corrected chi connectivity index (χ1v) is 11.6. The Hall–Kier alpha value is -3.82. The predicted octanol–water partition coefficient (Wildman–Crippen LogP) is 4.12. The van der Waals surface area contributed by atoms with Gasteiger partial charge in [-0.05, 0) is 48.8 Å². The van der Waals surface area contributed by atoms with Gasteiger partial charge in [-0.2, -0.15) is 4.98 Å². The van der Waals surface area contributed by atoms with Crippen molar-refractivity contribution in [3.63, 3.8) is 0 Å². The number of likely N-dealkylation sites (tertiary alicyclic amines) is 1. The Morgan fingerprint density at radius 2 is 1.91 bits per heavy atom. The second kappa shape index (κ2) is 8.14. The van der Waals surface area contributed by atoms with Gasteiger partial charge < -0.3 is 14.4 Å². The molecule has 10 heteroatoms. The number of pyridine rings is 2. The van der Waals surface area contributed by atoms with Crippen molar-refractivity contribution in [2.24, 2.45) is 5.41 Å². The average molecular weight is 479 g/mol. The number of carboxylic acid groups (broad SMARTS) is 1. The van der Waals surface area contributed by atoms with Crippen LogP contribution >= 0.6 is 0 Å². The summed E-state index contributed by atoms with van der Waals surface area (Å²) in [6.07, 6.45) is 5.52. The maximum absolute atomic E-state index is 14.5. The summed E-state index contributed by atoms with van der Waals surface area (Å²) >= 11 is 0. The second-order valence-corrected chi connectivity index (χ2v) is 10.3. The van der Waals surface area contributed by atoms with E-state index in [0.717, 1.165) is 5.56 Å². The van der Waals surface area contributed by atoms with E-state index in [4.69, 9.17) is 0 Å². The lowest BCUT2D eigenvalue weighted by molar-refractivity contribution is 0.0525. The predicted molar refractivity (Wildman–Crippen MR) is 128 cm³/mol. The minimum Gasteiger partial charge on any atom is -0.465 e. The quantitative estimate of drug-likeness (QED) is 0.465. The number of halogens is 1. The molecular formula is C25H27FN6O3. The van der Waals surface area contributed by atoms with E-state index in [2.05, 4.69) is 15.0 Å².